The highest BCUT2D eigenvalue weighted by Gasteiger charge is 2.27. The van der Waals surface area contributed by atoms with E-state index < -0.39 is 6.04 Å². The fraction of sp³-hybridized carbons (Fsp3) is 0.556. The molecule has 3 amide bonds. The molecule has 0 spiro atoms. The van der Waals surface area contributed by atoms with Crippen molar-refractivity contribution < 1.29 is 14.3 Å². The molecule has 0 saturated carbocycles. The lowest BCUT2D eigenvalue weighted by Crippen LogP contribution is -2.53. The fourth-order valence-electron chi connectivity index (χ4n) is 2.83. The first-order valence-corrected chi connectivity index (χ1v) is 8.60. The van der Waals surface area contributed by atoms with Crippen LogP contribution in [0.5, 0.6) is 5.75 Å². The van der Waals surface area contributed by atoms with E-state index in [4.69, 9.17) is 4.74 Å². The van der Waals surface area contributed by atoms with Gasteiger partial charge in [0.1, 0.15) is 18.4 Å². The zero-order valence-corrected chi connectivity index (χ0v) is 14.5. The molecule has 24 heavy (non-hydrogen) atoms. The molecule has 6 heteroatoms. The van der Waals surface area contributed by atoms with Gasteiger partial charge in [-0.1, -0.05) is 18.2 Å². The van der Waals surface area contributed by atoms with Crippen LogP contribution in [-0.4, -0.2) is 48.6 Å². The van der Waals surface area contributed by atoms with Crippen molar-refractivity contribution in [2.45, 2.75) is 45.2 Å². The minimum absolute atomic E-state index is 0.0158. The number of nitrogens with zero attached hydrogens (tertiary/aromatic N) is 1. The summed E-state index contributed by atoms with van der Waals surface area (Å²) < 4.78 is 5.50. The predicted molar refractivity (Wildman–Crippen MR) is 93.0 cm³/mol. The van der Waals surface area contributed by atoms with Crippen LogP contribution in [-0.2, 0) is 4.79 Å². The molecule has 2 unspecified atom stereocenters. The molecule has 132 valence electrons. The molecule has 1 aliphatic rings. The monoisotopic (exact) mass is 333 g/mol. The van der Waals surface area contributed by atoms with Crippen molar-refractivity contribution in [2.24, 2.45) is 0 Å². The van der Waals surface area contributed by atoms with Crippen molar-refractivity contribution >= 4 is 11.9 Å². The Morgan fingerprint density at radius 3 is 2.75 bits per heavy atom. The van der Waals surface area contributed by atoms with E-state index in [1.54, 1.807) is 6.92 Å². The van der Waals surface area contributed by atoms with E-state index >= 15 is 0 Å². The third-order valence-corrected chi connectivity index (χ3v) is 4.20. The normalized spacial score (nSPS) is 18.6. The first-order chi connectivity index (χ1) is 11.6. The fourth-order valence-corrected chi connectivity index (χ4v) is 2.83. The third kappa shape index (κ3) is 5.44. The van der Waals surface area contributed by atoms with Crippen molar-refractivity contribution in [2.75, 3.05) is 19.7 Å². The number of amides is 3. The van der Waals surface area contributed by atoms with Crippen molar-refractivity contribution in [3.63, 3.8) is 0 Å². The molecule has 2 N–H and O–H groups in total. The second-order valence-electron chi connectivity index (χ2n) is 6.16. The van der Waals surface area contributed by atoms with Crippen LogP contribution in [0.25, 0.3) is 0 Å². The second-order valence-corrected chi connectivity index (χ2v) is 6.16. The molecule has 0 aliphatic carbocycles. The van der Waals surface area contributed by atoms with Crippen LogP contribution in [0.4, 0.5) is 4.79 Å². The lowest BCUT2D eigenvalue weighted by atomic mass is 10.0. The molecular formula is C18H27N3O3. The lowest BCUT2D eigenvalue weighted by Gasteiger charge is -2.35. The quantitative estimate of drug-likeness (QED) is 0.784. The number of carbonyl (C=O) groups is 2. The summed E-state index contributed by atoms with van der Waals surface area (Å²) in [6.07, 6.45) is 3.22. The van der Waals surface area contributed by atoms with E-state index in [0.717, 1.165) is 31.6 Å². The number of para-hydroxylation sites is 1. The SMILES string of the molecule is CC(NC(=O)NCCOc1ccccc1)C(=O)N1CCCCC1C. The van der Waals surface area contributed by atoms with E-state index in [2.05, 4.69) is 17.6 Å². The van der Waals surface area contributed by atoms with Gasteiger partial charge in [0, 0.05) is 12.6 Å². The van der Waals surface area contributed by atoms with Gasteiger partial charge in [0.25, 0.3) is 0 Å². The van der Waals surface area contributed by atoms with Crippen LogP contribution in [0.3, 0.4) is 0 Å². The van der Waals surface area contributed by atoms with Gasteiger partial charge in [0.05, 0.1) is 6.54 Å². The van der Waals surface area contributed by atoms with Crippen LogP contribution in [0.15, 0.2) is 30.3 Å². The summed E-state index contributed by atoms with van der Waals surface area (Å²) in [6.45, 7) is 5.32. The van der Waals surface area contributed by atoms with Crippen molar-refractivity contribution in [1.29, 1.82) is 0 Å². The molecular weight excluding hydrogens is 306 g/mol. The zero-order valence-electron chi connectivity index (χ0n) is 14.5. The van der Waals surface area contributed by atoms with Gasteiger partial charge in [0.2, 0.25) is 5.91 Å². The average Bonchev–Trinajstić information content (AvgIpc) is 2.59. The van der Waals surface area contributed by atoms with Gasteiger partial charge in [-0.3, -0.25) is 4.79 Å². The molecule has 2 rings (SSSR count). The number of ether oxygens (including phenoxy) is 1. The summed E-state index contributed by atoms with van der Waals surface area (Å²) in [6, 6.07) is 8.80. The van der Waals surface area contributed by atoms with Crippen LogP contribution in [0.1, 0.15) is 33.1 Å². The Hall–Kier alpha value is -2.24. The molecule has 0 aromatic heterocycles. The topological polar surface area (TPSA) is 70.7 Å². The Balaban J connectivity index is 1.66. The molecule has 1 aliphatic heterocycles. The molecule has 1 saturated heterocycles. The highest BCUT2D eigenvalue weighted by Crippen LogP contribution is 2.17. The summed E-state index contributed by atoms with van der Waals surface area (Å²) >= 11 is 0. The first-order valence-electron chi connectivity index (χ1n) is 8.60. The second kappa shape index (κ2) is 9.15. The minimum Gasteiger partial charge on any atom is -0.492 e. The number of nitrogens with one attached hydrogen (secondary N) is 2. The summed E-state index contributed by atoms with van der Waals surface area (Å²) in [5, 5.41) is 5.41. The number of carbonyl (C=O) groups excluding carboxylic acids is 2. The van der Waals surface area contributed by atoms with E-state index in [1.807, 2.05) is 35.2 Å². The van der Waals surface area contributed by atoms with E-state index in [0.29, 0.717) is 13.2 Å². The molecule has 1 aromatic rings. The maximum Gasteiger partial charge on any atom is 0.315 e. The number of hydrogen-bond donors (Lipinski definition) is 2. The van der Waals surface area contributed by atoms with Gasteiger partial charge in [-0.05, 0) is 45.2 Å². The lowest BCUT2D eigenvalue weighted by molar-refractivity contribution is -0.136. The number of benzene rings is 1. The van der Waals surface area contributed by atoms with Crippen molar-refractivity contribution in [3.8, 4) is 5.75 Å². The third-order valence-electron chi connectivity index (χ3n) is 4.20. The standard InChI is InChI=1S/C18H27N3O3/c1-14-8-6-7-12-21(14)17(22)15(2)20-18(23)19-11-13-24-16-9-4-3-5-10-16/h3-5,9-10,14-15H,6-8,11-13H2,1-2H3,(H2,19,20,23). The summed E-state index contributed by atoms with van der Waals surface area (Å²) in [4.78, 5) is 26.2. The van der Waals surface area contributed by atoms with Crippen LogP contribution in [0, 0.1) is 0 Å². The maximum absolute atomic E-state index is 12.4. The Morgan fingerprint density at radius 2 is 2.04 bits per heavy atom. The van der Waals surface area contributed by atoms with Crippen molar-refractivity contribution in [3.05, 3.63) is 30.3 Å². The number of rotatable bonds is 6. The Labute approximate surface area is 143 Å². The minimum atomic E-state index is -0.527. The molecule has 1 heterocycles. The van der Waals surface area contributed by atoms with Gasteiger partial charge in [0.15, 0.2) is 0 Å². The molecule has 0 radical (unpaired) electrons. The van der Waals surface area contributed by atoms with Gasteiger partial charge >= 0.3 is 6.03 Å². The molecule has 0 bridgehead atoms. The smallest absolute Gasteiger partial charge is 0.315 e. The average molecular weight is 333 g/mol. The van der Waals surface area contributed by atoms with Crippen molar-refractivity contribution in [1.82, 2.24) is 15.5 Å². The van der Waals surface area contributed by atoms with Crippen LogP contribution < -0.4 is 15.4 Å². The molecule has 6 nitrogen and oxygen atoms in total. The number of urea groups is 1. The van der Waals surface area contributed by atoms with Gasteiger partial charge in [-0.2, -0.15) is 0 Å². The van der Waals surface area contributed by atoms with E-state index in [-0.39, 0.29) is 18.0 Å². The summed E-state index contributed by atoms with van der Waals surface area (Å²) in [5.41, 5.74) is 0. The highest BCUT2D eigenvalue weighted by atomic mass is 16.5. The zero-order chi connectivity index (χ0) is 17.4. The van der Waals surface area contributed by atoms with Gasteiger partial charge in [-0.25, -0.2) is 4.79 Å². The largest absolute Gasteiger partial charge is 0.492 e. The molecule has 1 fully saturated rings. The Kier molecular flexibility index (Phi) is 6.90. The Bertz CT molecular complexity index is 536. The number of hydrogen-bond acceptors (Lipinski definition) is 3. The highest BCUT2D eigenvalue weighted by molar-refractivity contribution is 5.86. The summed E-state index contributed by atoms with van der Waals surface area (Å²) in [7, 11) is 0. The Morgan fingerprint density at radius 1 is 1.29 bits per heavy atom. The van der Waals surface area contributed by atoms with E-state index in [9.17, 15) is 9.59 Å². The predicted octanol–water partition coefficient (Wildman–Crippen LogP) is 2.15. The van der Waals surface area contributed by atoms with Crippen LogP contribution in [0.2, 0.25) is 0 Å². The molecule has 2 atom stereocenters. The molecule has 1 aromatic carbocycles. The number of likely N-dealkylation sites (tertiary alicyclic amines) is 1. The van der Waals surface area contributed by atoms with Gasteiger partial charge < -0.3 is 20.3 Å². The van der Waals surface area contributed by atoms with Crippen LogP contribution >= 0.6 is 0 Å². The maximum atomic E-state index is 12.4. The number of piperidine rings is 1. The van der Waals surface area contributed by atoms with E-state index in [1.165, 1.54) is 0 Å². The summed E-state index contributed by atoms with van der Waals surface area (Å²) in [5.74, 6) is 0.750. The van der Waals surface area contributed by atoms with Gasteiger partial charge in [-0.15, -0.1) is 0 Å². The first kappa shape index (κ1) is 18.1.